The Morgan fingerprint density at radius 2 is 2.17 bits per heavy atom. The van der Waals surface area contributed by atoms with Crippen molar-refractivity contribution in [3.63, 3.8) is 0 Å². The van der Waals surface area contributed by atoms with Crippen LogP contribution in [0.5, 0.6) is 0 Å². The molecule has 3 aromatic rings. The highest BCUT2D eigenvalue weighted by atomic mass is 32.1. The standard InChI is InChI=1S/C11H9FN4OS/c1-17-6-9-13-14-11-16(9)15-10(18-11)7-4-2-3-5-8(7)12/h2-5H,6H2,1H3. The number of methoxy groups -OCH3 is 1. The van der Waals surface area contributed by atoms with E-state index in [1.807, 2.05) is 0 Å². The van der Waals surface area contributed by atoms with Gasteiger partial charge in [0.1, 0.15) is 12.4 Å². The molecular weight excluding hydrogens is 255 g/mol. The molecule has 18 heavy (non-hydrogen) atoms. The summed E-state index contributed by atoms with van der Waals surface area (Å²) in [6.07, 6.45) is 0. The maximum Gasteiger partial charge on any atom is 0.235 e. The minimum atomic E-state index is -0.296. The van der Waals surface area contributed by atoms with Gasteiger partial charge in [0.2, 0.25) is 4.96 Å². The van der Waals surface area contributed by atoms with E-state index in [1.165, 1.54) is 17.4 Å². The van der Waals surface area contributed by atoms with E-state index in [-0.39, 0.29) is 5.82 Å². The van der Waals surface area contributed by atoms with Crippen LogP contribution in [0.15, 0.2) is 24.3 Å². The van der Waals surface area contributed by atoms with Gasteiger partial charge in [0, 0.05) is 12.7 Å². The molecule has 1 aromatic carbocycles. The van der Waals surface area contributed by atoms with Gasteiger partial charge < -0.3 is 4.74 Å². The minimum absolute atomic E-state index is 0.296. The summed E-state index contributed by atoms with van der Waals surface area (Å²) in [5, 5.41) is 12.8. The number of fused-ring (bicyclic) bond motifs is 1. The van der Waals surface area contributed by atoms with E-state index in [1.54, 1.807) is 29.8 Å². The highest BCUT2D eigenvalue weighted by molar-refractivity contribution is 7.19. The molecule has 0 bridgehead atoms. The zero-order valence-electron chi connectivity index (χ0n) is 9.50. The second-order valence-corrected chi connectivity index (χ2v) is 4.59. The van der Waals surface area contributed by atoms with Crippen molar-refractivity contribution >= 4 is 16.3 Å². The molecule has 0 aliphatic heterocycles. The van der Waals surface area contributed by atoms with E-state index in [9.17, 15) is 4.39 Å². The Kier molecular flexibility index (Phi) is 2.77. The van der Waals surface area contributed by atoms with Gasteiger partial charge in [-0.1, -0.05) is 23.5 Å². The average molecular weight is 264 g/mol. The first-order valence-corrected chi connectivity index (χ1v) is 6.06. The van der Waals surface area contributed by atoms with E-state index in [4.69, 9.17) is 4.74 Å². The molecule has 5 nitrogen and oxygen atoms in total. The fourth-order valence-corrected chi connectivity index (χ4v) is 2.51. The number of hydrogen-bond donors (Lipinski definition) is 0. The highest BCUT2D eigenvalue weighted by Crippen LogP contribution is 2.27. The summed E-state index contributed by atoms with van der Waals surface area (Å²) >= 11 is 1.29. The summed E-state index contributed by atoms with van der Waals surface area (Å²) in [6, 6.07) is 6.52. The zero-order valence-corrected chi connectivity index (χ0v) is 10.3. The van der Waals surface area contributed by atoms with Gasteiger partial charge in [0.15, 0.2) is 10.8 Å². The van der Waals surface area contributed by atoms with E-state index in [0.29, 0.717) is 28.0 Å². The van der Waals surface area contributed by atoms with E-state index in [0.717, 1.165) is 0 Å². The van der Waals surface area contributed by atoms with Crippen LogP contribution >= 0.6 is 11.3 Å². The summed E-state index contributed by atoms with van der Waals surface area (Å²) in [5.74, 6) is 0.307. The van der Waals surface area contributed by atoms with Crippen LogP contribution in [0, 0.1) is 5.82 Å². The fourth-order valence-electron chi connectivity index (χ4n) is 1.62. The van der Waals surface area contributed by atoms with Crippen molar-refractivity contribution in [1.82, 2.24) is 19.8 Å². The molecule has 0 spiro atoms. The predicted molar refractivity (Wildman–Crippen MR) is 64.8 cm³/mol. The molecule has 0 unspecified atom stereocenters. The van der Waals surface area contributed by atoms with E-state index < -0.39 is 0 Å². The minimum Gasteiger partial charge on any atom is -0.377 e. The molecule has 0 atom stereocenters. The Labute approximate surface area is 106 Å². The van der Waals surface area contributed by atoms with Crippen molar-refractivity contribution < 1.29 is 9.13 Å². The van der Waals surface area contributed by atoms with Crippen LogP contribution in [0.4, 0.5) is 4.39 Å². The number of rotatable bonds is 3. The fraction of sp³-hybridized carbons (Fsp3) is 0.182. The predicted octanol–water partition coefficient (Wildman–Crippen LogP) is 2.14. The van der Waals surface area contributed by atoms with Gasteiger partial charge in [-0.3, -0.25) is 0 Å². The molecule has 3 rings (SSSR count). The molecule has 0 amide bonds. The molecule has 0 fully saturated rings. The van der Waals surface area contributed by atoms with Gasteiger partial charge in [0.25, 0.3) is 0 Å². The SMILES string of the molecule is COCc1nnc2sc(-c3ccccc3F)nn12. The van der Waals surface area contributed by atoms with Crippen LogP contribution in [0.25, 0.3) is 15.5 Å². The number of ether oxygens (including phenoxy) is 1. The van der Waals surface area contributed by atoms with Crippen LogP contribution in [0.1, 0.15) is 5.82 Å². The number of halogens is 1. The van der Waals surface area contributed by atoms with Gasteiger partial charge >= 0.3 is 0 Å². The summed E-state index contributed by atoms with van der Waals surface area (Å²) in [7, 11) is 1.57. The van der Waals surface area contributed by atoms with Crippen molar-refractivity contribution in [3.05, 3.63) is 35.9 Å². The maximum absolute atomic E-state index is 13.7. The van der Waals surface area contributed by atoms with Crippen molar-refractivity contribution in [3.8, 4) is 10.6 Å². The third-order valence-electron chi connectivity index (χ3n) is 2.43. The number of benzene rings is 1. The third kappa shape index (κ3) is 1.77. The quantitative estimate of drug-likeness (QED) is 0.727. The van der Waals surface area contributed by atoms with Crippen LogP contribution in [0.3, 0.4) is 0 Å². The van der Waals surface area contributed by atoms with E-state index in [2.05, 4.69) is 15.3 Å². The maximum atomic E-state index is 13.7. The largest absolute Gasteiger partial charge is 0.377 e. The first-order valence-electron chi connectivity index (χ1n) is 5.24. The Morgan fingerprint density at radius 3 is 2.94 bits per heavy atom. The topological polar surface area (TPSA) is 52.3 Å². The van der Waals surface area contributed by atoms with Gasteiger partial charge in [0.05, 0.1) is 0 Å². The lowest BCUT2D eigenvalue weighted by atomic mass is 10.2. The van der Waals surface area contributed by atoms with Gasteiger partial charge in [-0.2, -0.15) is 9.61 Å². The normalized spacial score (nSPS) is 11.2. The monoisotopic (exact) mass is 264 g/mol. The molecule has 92 valence electrons. The second kappa shape index (κ2) is 4.43. The number of hydrogen-bond acceptors (Lipinski definition) is 5. The second-order valence-electron chi connectivity index (χ2n) is 3.63. The van der Waals surface area contributed by atoms with Crippen molar-refractivity contribution in [2.45, 2.75) is 6.61 Å². The first-order chi connectivity index (χ1) is 8.79. The lowest BCUT2D eigenvalue weighted by Gasteiger charge is -1.96. The van der Waals surface area contributed by atoms with Crippen LogP contribution in [0.2, 0.25) is 0 Å². The van der Waals surface area contributed by atoms with Crippen molar-refractivity contribution in [2.75, 3.05) is 7.11 Å². The molecule has 2 heterocycles. The van der Waals surface area contributed by atoms with Crippen molar-refractivity contribution in [2.24, 2.45) is 0 Å². The highest BCUT2D eigenvalue weighted by Gasteiger charge is 2.14. The van der Waals surface area contributed by atoms with Crippen LogP contribution < -0.4 is 0 Å². The Hall–Kier alpha value is -1.86. The summed E-state index contributed by atoms with van der Waals surface area (Å²) in [6.45, 7) is 0.321. The molecule has 7 heteroatoms. The smallest absolute Gasteiger partial charge is 0.235 e. The molecule has 0 N–H and O–H groups in total. The van der Waals surface area contributed by atoms with Gasteiger partial charge in [-0.15, -0.1) is 10.2 Å². The zero-order chi connectivity index (χ0) is 12.5. The Morgan fingerprint density at radius 1 is 1.33 bits per heavy atom. The molecule has 0 aliphatic carbocycles. The Balaban J connectivity index is 2.11. The summed E-state index contributed by atoms with van der Waals surface area (Å²) < 4.78 is 20.2. The average Bonchev–Trinajstić information content (AvgIpc) is 2.92. The number of nitrogens with zero attached hydrogens (tertiary/aromatic N) is 4. The third-order valence-corrected chi connectivity index (χ3v) is 3.37. The Bertz CT molecular complexity index is 693. The van der Waals surface area contributed by atoms with Crippen LogP contribution in [-0.4, -0.2) is 26.9 Å². The molecule has 0 radical (unpaired) electrons. The lowest BCUT2D eigenvalue weighted by Crippen LogP contribution is -1.97. The number of aromatic nitrogens is 4. The summed E-state index contributed by atoms with van der Waals surface area (Å²) in [5.41, 5.74) is 0.469. The first kappa shape index (κ1) is 11.2. The molecule has 0 saturated carbocycles. The lowest BCUT2D eigenvalue weighted by molar-refractivity contribution is 0.176. The van der Waals surface area contributed by atoms with Crippen molar-refractivity contribution in [1.29, 1.82) is 0 Å². The van der Waals surface area contributed by atoms with Gasteiger partial charge in [-0.25, -0.2) is 4.39 Å². The molecule has 0 saturated heterocycles. The van der Waals surface area contributed by atoms with Gasteiger partial charge in [-0.05, 0) is 12.1 Å². The van der Waals surface area contributed by atoms with Crippen LogP contribution in [-0.2, 0) is 11.3 Å². The van der Waals surface area contributed by atoms with E-state index >= 15 is 0 Å². The molecular formula is C11H9FN4OS. The summed E-state index contributed by atoms with van der Waals surface area (Å²) in [4.78, 5) is 0.625. The molecule has 0 aliphatic rings. The molecule has 2 aromatic heterocycles.